The fourth-order valence-electron chi connectivity index (χ4n) is 0.200. The molecule has 0 saturated heterocycles. The summed E-state index contributed by atoms with van der Waals surface area (Å²) in [5, 5.41) is 0. The monoisotopic (exact) mass is 137 g/mol. The maximum atomic E-state index is 5.41. The van der Waals surface area contributed by atoms with Crippen LogP contribution in [0, 0.1) is 0 Å². The second kappa shape index (κ2) is 2.96. The number of halogens is 1. The van der Waals surface area contributed by atoms with Crippen LogP contribution in [0.2, 0.25) is 4.34 Å². The molecule has 0 radical (unpaired) electrons. The van der Waals surface area contributed by atoms with E-state index in [2.05, 4.69) is 4.98 Å². The number of hydrogen-bond acceptors (Lipinski definition) is 2. The fraction of sp³-hybridized carbons (Fsp3) is 0. The number of hydrogen-bond donors (Lipinski definition) is 0. The maximum absolute atomic E-state index is 5.41. The van der Waals surface area contributed by atoms with E-state index in [1.807, 2.05) is 0 Å². The molecule has 40 valence electrons. The van der Waals surface area contributed by atoms with Gasteiger partial charge in [0, 0.05) is 0 Å². The molecule has 0 aliphatic heterocycles. The van der Waals surface area contributed by atoms with E-state index in [4.69, 9.17) is 11.6 Å². The van der Waals surface area contributed by atoms with Crippen molar-refractivity contribution in [2.24, 2.45) is 0 Å². The molecule has 0 unspecified atom stereocenters. The van der Waals surface area contributed by atoms with Crippen molar-refractivity contribution in [2.45, 2.75) is 0 Å². The molecule has 0 saturated carbocycles. The zero-order chi connectivity index (χ0) is 4.41. The minimum atomic E-state index is 0. The molecule has 7 heavy (non-hydrogen) atoms. The molecule has 1 aromatic rings. The van der Waals surface area contributed by atoms with Crippen LogP contribution in [-0.4, -0.2) is 10.5 Å². The Morgan fingerprint density at radius 2 is 2.43 bits per heavy atom. The van der Waals surface area contributed by atoms with Gasteiger partial charge in [0.25, 0.3) is 0 Å². The highest BCUT2D eigenvalue weighted by atomic mass is 35.5. The minimum absolute atomic E-state index is 0. The molecular weight excluding hydrogens is 134 g/mol. The predicted octanol–water partition coefficient (Wildman–Crippen LogP) is 0.972. The van der Waals surface area contributed by atoms with Crippen LogP contribution in [-0.2, 0) is 0 Å². The predicted molar refractivity (Wildman–Crippen MR) is 30.7 cm³/mol. The molecule has 1 heterocycles. The van der Waals surface area contributed by atoms with Crippen molar-refractivity contribution in [3.05, 3.63) is 16.0 Å². The smallest absolute Gasteiger partial charge is 0.113 e. The van der Waals surface area contributed by atoms with Gasteiger partial charge in [-0.2, -0.15) is 0 Å². The summed E-state index contributed by atoms with van der Waals surface area (Å²) in [4.78, 5) is 3.71. The molecule has 1 rings (SSSR count). The van der Waals surface area contributed by atoms with Crippen LogP contribution in [0.15, 0.2) is 11.7 Å². The van der Waals surface area contributed by atoms with Crippen LogP contribution >= 0.6 is 22.9 Å². The second-order valence-electron chi connectivity index (χ2n) is 0.806. The van der Waals surface area contributed by atoms with Gasteiger partial charge in [0.05, 0.1) is 11.7 Å². The average Bonchev–Trinajstić information content (AvgIpc) is 1.86. The minimum Gasteiger partial charge on any atom is -0.412 e. The van der Waals surface area contributed by atoms with E-state index in [-0.39, 0.29) is 5.48 Å². The lowest BCUT2D eigenvalue weighted by Crippen LogP contribution is -1.41. The standard InChI is InChI=1S/C3H2ClNS.H2O/c4-3-1-5-2-6-3;/h1-2H;1H2. The van der Waals surface area contributed by atoms with Crippen molar-refractivity contribution >= 4 is 22.9 Å². The number of rotatable bonds is 0. The fourth-order valence-corrected chi connectivity index (χ4v) is 0.720. The van der Waals surface area contributed by atoms with Crippen LogP contribution < -0.4 is 0 Å². The van der Waals surface area contributed by atoms with E-state index in [0.29, 0.717) is 0 Å². The first kappa shape index (κ1) is 6.88. The van der Waals surface area contributed by atoms with Gasteiger partial charge in [-0.1, -0.05) is 11.6 Å². The van der Waals surface area contributed by atoms with Gasteiger partial charge >= 0.3 is 0 Å². The molecule has 1 aromatic heterocycles. The van der Waals surface area contributed by atoms with Gasteiger partial charge < -0.3 is 5.48 Å². The van der Waals surface area contributed by atoms with E-state index in [0.717, 1.165) is 4.34 Å². The van der Waals surface area contributed by atoms with Crippen molar-refractivity contribution in [2.75, 3.05) is 0 Å². The van der Waals surface area contributed by atoms with E-state index in [1.54, 1.807) is 11.7 Å². The van der Waals surface area contributed by atoms with E-state index in [9.17, 15) is 0 Å². The van der Waals surface area contributed by atoms with Gasteiger partial charge in [-0.25, -0.2) is 0 Å². The highest BCUT2D eigenvalue weighted by molar-refractivity contribution is 7.13. The first-order chi connectivity index (χ1) is 2.89. The molecule has 0 bridgehead atoms. The maximum Gasteiger partial charge on any atom is 0.113 e. The Bertz CT molecular complexity index is 118. The summed E-state index contributed by atoms with van der Waals surface area (Å²) in [6.07, 6.45) is 1.62. The zero-order valence-electron chi connectivity index (χ0n) is 3.39. The van der Waals surface area contributed by atoms with Crippen molar-refractivity contribution in [3.63, 3.8) is 0 Å². The summed E-state index contributed by atoms with van der Waals surface area (Å²) in [5.41, 5.74) is 1.70. The van der Waals surface area contributed by atoms with E-state index < -0.39 is 0 Å². The third kappa shape index (κ3) is 1.87. The second-order valence-corrected chi connectivity index (χ2v) is 2.32. The molecule has 2 nitrogen and oxygen atoms in total. The lowest BCUT2D eigenvalue weighted by Gasteiger charge is -1.59. The number of nitrogens with zero attached hydrogens (tertiary/aromatic N) is 1. The van der Waals surface area contributed by atoms with E-state index in [1.165, 1.54) is 11.3 Å². The number of aromatic nitrogens is 1. The highest BCUT2D eigenvalue weighted by Gasteiger charge is 1.79. The van der Waals surface area contributed by atoms with Gasteiger partial charge in [-0.15, -0.1) is 11.3 Å². The molecule has 2 N–H and O–H groups in total. The Kier molecular flexibility index (Phi) is 2.91. The molecular formula is C3H4ClNOS. The van der Waals surface area contributed by atoms with Gasteiger partial charge in [0.1, 0.15) is 4.34 Å². The van der Waals surface area contributed by atoms with Crippen molar-refractivity contribution in [1.29, 1.82) is 0 Å². The lowest BCUT2D eigenvalue weighted by atomic mass is 11.0. The largest absolute Gasteiger partial charge is 0.412 e. The van der Waals surface area contributed by atoms with Gasteiger partial charge in [-0.05, 0) is 0 Å². The Morgan fingerprint density at radius 3 is 2.57 bits per heavy atom. The Morgan fingerprint density at radius 1 is 1.71 bits per heavy atom. The first-order valence-corrected chi connectivity index (χ1v) is 2.69. The van der Waals surface area contributed by atoms with E-state index >= 15 is 0 Å². The Labute approximate surface area is 50.1 Å². The first-order valence-electron chi connectivity index (χ1n) is 1.43. The summed E-state index contributed by atoms with van der Waals surface area (Å²) < 4.78 is 0.745. The molecule has 0 spiro atoms. The van der Waals surface area contributed by atoms with Crippen LogP contribution in [0.4, 0.5) is 0 Å². The highest BCUT2D eigenvalue weighted by Crippen LogP contribution is 2.10. The normalized spacial score (nSPS) is 7.57. The average molecular weight is 138 g/mol. The lowest BCUT2D eigenvalue weighted by molar-refractivity contribution is 0.824. The zero-order valence-corrected chi connectivity index (χ0v) is 4.96. The molecule has 0 aromatic carbocycles. The van der Waals surface area contributed by atoms with Gasteiger partial charge in [0.2, 0.25) is 0 Å². The van der Waals surface area contributed by atoms with Crippen molar-refractivity contribution in [1.82, 2.24) is 4.98 Å². The number of thiazole rings is 1. The van der Waals surface area contributed by atoms with Crippen LogP contribution in [0.3, 0.4) is 0 Å². The molecule has 0 aliphatic carbocycles. The van der Waals surface area contributed by atoms with Crippen LogP contribution in [0.5, 0.6) is 0 Å². The Hall–Kier alpha value is -0.120. The summed E-state index contributed by atoms with van der Waals surface area (Å²) in [6.45, 7) is 0. The van der Waals surface area contributed by atoms with Crippen LogP contribution in [0.25, 0.3) is 0 Å². The molecule has 0 aliphatic rings. The topological polar surface area (TPSA) is 44.4 Å². The van der Waals surface area contributed by atoms with Crippen molar-refractivity contribution < 1.29 is 5.48 Å². The summed E-state index contributed by atoms with van der Waals surface area (Å²) >= 11 is 6.84. The molecule has 0 fully saturated rings. The third-order valence-corrected chi connectivity index (χ3v) is 1.32. The third-order valence-electron chi connectivity index (χ3n) is 0.402. The molecule has 4 heteroatoms. The van der Waals surface area contributed by atoms with Crippen LogP contribution in [0.1, 0.15) is 0 Å². The Balaban J connectivity index is 0.000000360. The quantitative estimate of drug-likeness (QED) is 0.526. The van der Waals surface area contributed by atoms with Crippen molar-refractivity contribution in [3.8, 4) is 0 Å². The van der Waals surface area contributed by atoms with Gasteiger partial charge in [-0.3, -0.25) is 4.98 Å². The van der Waals surface area contributed by atoms with Gasteiger partial charge in [0.15, 0.2) is 0 Å². The summed E-state index contributed by atoms with van der Waals surface area (Å²) in [6, 6.07) is 0. The summed E-state index contributed by atoms with van der Waals surface area (Å²) in [7, 11) is 0. The molecule has 0 atom stereocenters. The molecule has 0 amide bonds. The summed E-state index contributed by atoms with van der Waals surface area (Å²) in [5.74, 6) is 0. The SMILES string of the molecule is Clc1cncs1.O.